The van der Waals surface area contributed by atoms with Crippen LogP contribution < -0.4 is 5.73 Å². The molecule has 0 aliphatic heterocycles. The Morgan fingerprint density at radius 1 is 1.33 bits per heavy atom. The van der Waals surface area contributed by atoms with E-state index in [1.165, 1.54) is 0 Å². The molecule has 0 aromatic heterocycles. The highest BCUT2D eigenvalue weighted by Gasteiger charge is 2.28. The van der Waals surface area contributed by atoms with Crippen LogP contribution in [0.3, 0.4) is 0 Å². The highest BCUT2D eigenvalue weighted by molar-refractivity contribution is 5.75. The molecule has 1 rings (SSSR count). The molecule has 0 aliphatic rings. The van der Waals surface area contributed by atoms with Crippen LogP contribution in [-0.2, 0) is 16.0 Å². The molecule has 0 saturated heterocycles. The zero-order valence-electron chi connectivity index (χ0n) is 11.1. The number of rotatable bonds is 4. The van der Waals surface area contributed by atoms with E-state index in [4.69, 9.17) is 10.5 Å². The Morgan fingerprint density at radius 2 is 1.89 bits per heavy atom. The highest BCUT2D eigenvalue weighted by atomic mass is 16.6. The molecule has 100 valence electrons. The average Bonchev–Trinajstić information content (AvgIpc) is 2.27. The average molecular weight is 251 g/mol. The maximum absolute atomic E-state index is 11.6. The van der Waals surface area contributed by atoms with Crippen LogP contribution in [0.4, 0.5) is 0 Å². The van der Waals surface area contributed by atoms with Crippen molar-refractivity contribution in [1.29, 1.82) is 0 Å². The topological polar surface area (TPSA) is 72.5 Å². The van der Waals surface area contributed by atoms with E-state index in [2.05, 4.69) is 0 Å². The van der Waals surface area contributed by atoms with Gasteiger partial charge >= 0.3 is 5.97 Å². The van der Waals surface area contributed by atoms with Gasteiger partial charge in [0.05, 0.1) is 0 Å². The molecule has 0 radical (unpaired) electrons. The van der Waals surface area contributed by atoms with E-state index in [0.717, 1.165) is 5.56 Å². The van der Waals surface area contributed by atoms with Crippen molar-refractivity contribution in [2.75, 3.05) is 0 Å². The molecule has 1 aromatic carbocycles. The van der Waals surface area contributed by atoms with Gasteiger partial charge in [0.2, 0.25) is 0 Å². The van der Waals surface area contributed by atoms with E-state index in [1.807, 2.05) is 30.3 Å². The summed E-state index contributed by atoms with van der Waals surface area (Å²) in [5.41, 5.74) is 6.18. The zero-order chi connectivity index (χ0) is 13.8. The van der Waals surface area contributed by atoms with Gasteiger partial charge in [-0.25, -0.2) is 4.79 Å². The Balaban J connectivity index is 2.56. The zero-order valence-corrected chi connectivity index (χ0v) is 11.1. The lowest BCUT2D eigenvalue weighted by Crippen LogP contribution is -2.45. The number of ether oxygens (including phenoxy) is 1. The summed E-state index contributed by atoms with van der Waals surface area (Å²) in [7, 11) is 0. The second kappa shape index (κ2) is 5.98. The lowest BCUT2D eigenvalue weighted by molar-refractivity contribution is -0.166. The van der Waals surface area contributed by atoms with Crippen LogP contribution in [0.5, 0.6) is 0 Å². The normalized spacial score (nSPS) is 14.9. The first-order valence-electron chi connectivity index (χ1n) is 6.00. The summed E-state index contributed by atoms with van der Waals surface area (Å²) in [4.78, 5) is 11.6. The van der Waals surface area contributed by atoms with Crippen LogP contribution in [0.2, 0.25) is 0 Å². The smallest absolute Gasteiger partial charge is 0.337 e. The van der Waals surface area contributed by atoms with E-state index in [0.29, 0.717) is 6.42 Å². The minimum Gasteiger partial charge on any atom is -0.458 e. The SMILES string of the molecule is CC(C)(C)OC(=O)[C@@H](O)C(N)Cc1ccccc1. The van der Waals surface area contributed by atoms with E-state index in [1.54, 1.807) is 20.8 Å². The maximum Gasteiger partial charge on any atom is 0.337 e. The fourth-order valence-electron chi connectivity index (χ4n) is 1.53. The number of nitrogens with two attached hydrogens (primary N) is 1. The van der Waals surface area contributed by atoms with Crippen LogP contribution >= 0.6 is 0 Å². The van der Waals surface area contributed by atoms with Gasteiger partial charge in [-0.15, -0.1) is 0 Å². The fraction of sp³-hybridized carbons (Fsp3) is 0.500. The Kier molecular flexibility index (Phi) is 4.87. The van der Waals surface area contributed by atoms with Crippen LogP contribution in [0, 0.1) is 0 Å². The van der Waals surface area contributed by atoms with E-state index in [-0.39, 0.29) is 0 Å². The van der Waals surface area contributed by atoms with Gasteiger partial charge in [-0.3, -0.25) is 0 Å². The lowest BCUT2D eigenvalue weighted by atomic mass is 10.0. The number of hydrogen-bond acceptors (Lipinski definition) is 4. The molecular weight excluding hydrogens is 230 g/mol. The number of aliphatic hydroxyl groups excluding tert-OH is 1. The number of hydrogen-bond donors (Lipinski definition) is 2. The first-order valence-corrected chi connectivity index (χ1v) is 6.00. The van der Waals surface area contributed by atoms with E-state index >= 15 is 0 Å². The molecule has 1 aromatic rings. The molecule has 2 atom stereocenters. The Bertz CT molecular complexity index is 384. The summed E-state index contributed by atoms with van der Waals surface area (Å²) < 4.78 is 5.09. The van der Waals surface area contributed by atoms with Crippen molar-refractivity contribution in [3.8, 4) is 0 Å². The molecule has 0 amide bonds. The molecule has 0 bridgehead atoms. The molecule has 1 unspecified atom stereocenters. The number of benzene rings is 1. The van der Waals surface area contributed by atoms with Crippen LogP contribution in [-0.4, -0.2) is 28.8 Å². The second-order valence-electron chi connectivity index (χ2n) is 5.33. The van der Waals surface area contributed by atoms with Gasteiger partial charge in [0.15, 0.2) is 6.10 Å². The standard InChI is InChI=1S/C14H21NO3/c1-14(2,3)18-13(17)12(16)11(15)9-10-7-5-4-6-8-10/h4-8,11-12,16H,9,15H2,1-3H3/t11?,12-/m0/s1. The van der Waals surface area contributed by atoms with Gasteiger partial charge in [-0.05, 0) is 32.8 Å². The third-order valence-corrected chi connectivity index (χ3v) is 2.37. The molecule has 0 aliphatic carbocycles. The third kappa shape index (κ3) is 4.85. The van der Waals surface area contributed by atoms with E-state index in [9.17, 15) is 9.90 Å². The molecule has 0 spiro atoms. The van der Waals surface area contributed by atoms with Crippen molar-refractivity contribution in [3.63, 3.8) is 0 Å². The number of carbonyl (C=O) groups is 1. The molecule has 4 nitrogen and oxygen atoms in total. The highest BCUT2D eigenvalue weighted by Crippen LogP contribution is 2.11. The minimum atomic E-state index is -1.30. The van der Waals surface area contributed by atoms with Crippen LogP contribution in [0.15, 0.2) is 30.3 Å². The van der Waals surface area contributed by atoms with Crippen LogP contribution in [0.25, 0.3) is 0 Å². The Morgan fingerprint density at radius 3 is 2.39 bits per heavy atom. The summed E-state index contributed by atoms with van der Waals surface area (Å²) in [6.45, 7) is 5.25. The largest absolute Gasteiger partial charge is 0.458 e. The summed E-state index contributed by atoms with van der Waals surface area (Å²) in [5, 5.41) is 9.81. The monoisotopic (exact) mass is 251 g/mol. The maximum atomic E-state index is 11.6. The molecule has 0 heterocycles. The summed E-state index contributed by atoms with van der Waals surface area (Å²) in [6, 6.07) is 8.83. The van der Waals surface area contributed by atoms with Crippen molar-refractivity contribution >= 4 is 5.97 Å². The quantitative estimate of drug-likeness (QED) is 0.790. The van der Waals surface area contributed by atoms with Gasteiger partial charge in [0.1, 0.15) is 5.60 Å². The predicted octanol–water partition coefficient (Wildman–Crippen LogP) is 1.26. The summed E-state index contributed by atoms with van der Waals surface area (Å²) in [6.07, 6.45) is -0.870. The van der Waals surface area contributed by atoms with Gasteiger partial charge in [0, 0.05) is 6.04 Å². The molecule has 0 fully saturated rings. The molecule has 0 saturated carbocycles. The van der Waals surface area contributed by atoms with Gasteiger partial charge < -0.3 is 15.6 Å². The predicted molar refractivity (Wildman–Crippen MR) is 70.0 cm³/mol. The number of aliphatic hydroxyl groups is 1. The van der Waals surface area contributed by atoms with Gasteiger partial charge in [-0.2, -0.15) is 0 Å². The summed E-state index contributed by atoms with van der Waals surface area (Å²) in [5.74, 6) is -0.675. The Labute approximate surface area is 108 Å². The molecule has 4 heteroatoms. The molecule has 3 N–H and O–H groups in total. The lowest BCUT2D eigenvalue weighted by Gasteiger charge is -2.24. The van der Waals surface area contributed by atoms with Crippen molar-refractivity contribution in [2.45, 2.75) is 44.9 Å². The number of carbonyl (C=O) groups excluding carboxylic acids is 1. The van der Waals surface area contributed by atoms with Crippen LogP contribution in [0.1, 0.15) is 26.3 Å². The molecular formula is C14H21NO3. The first kappa shape index (κ1) is 14.7. The van der Waals surface area contributed by atoms with Crippen molar-refractivity contribution in [2.24, 2.45) is 5.73 Å². The third-order valence-electron chi connectivity index (χ3n) is 2.37. The van der Waals surface area contributed by atoms with Crippen molar-refractivity contribution in [1.82, 2.24) is 0 Å². The van der Waals surface area contributed by atoms with Gasteiger partial charge in [-0.1, -0.05) is 30.3 Å². The van der Waals surface area contributed by atoms with E-state index < -0.39 is 23.7 Å². The van der Waals surface area contributed by atoms with Crippen molar-refractivity contribution < 1.29 is 14.6 Å². The first-order chi connectivity index (χ1) is 8.29. The second-order valence-corrected chi connectivity index (χ2v) is 5.33. The number of esters is 1. The Hall–Kier alpha value is -1.39. The molecule has 18 heavy (non-hydrogen) atoms. The van der Waals surface area contributed by atoms with Crippen molar-refractivity contribution in [3.05, 3.63) is 35.9 Å². The fourth-order valence-corrected chi connectivity index (χ4v) is 1.53. The minimum absolute atomic E-state index is 0.432. The van der Waals surface area contributed by atoms with Gasteiger partial charge in [0.25, 0.3) is 0 Å². The summed E-state index contributed by atoms with van der Waals surface area (Å²) >= 11 is 0.